The molecule has 0 saturated heterocycles. The van der Waals surface area contributed by atoms with Gasteiger partial charge >= 0.3 is 374 Å². The Hall–Kier alpha value is -7.80. The Labute approximate surface area is 384 Å². The Morgan fingerprint density at radius 2 is 0.569 bits per heavy atom. The van der Waals surface area contributed by atoms with Crippen LogP contribution in [0.2, 0.25) is 0 Å². The van der Waals surface area contributed by atoms with E-state index in [0.717, 1.165) is 0 Å². The van der Waals surface area contributed by atoms with Crippen LogP contribution >= 0.6 is 0 Å². The van der Waals surface area contributed by atoms with Gasteiger partial charge in [0.15, 0.2) is 0 Å². The summed E-state index contributed by atoms with van der Waals surface area (Å²) < 4.78 is 2.90. The van der Waals surface area contributed by atoms with Crippen LogP contribution in [0.1, 0.15) is 0 Å². The van der Waals surface area contributed by atoms with Gasteiger partial charge in [-0.2, -0.15) is 0 Å². The molecule has 0 aliphatic rings. The van der Waals surface area contributed by atoms with E-state index >= 15 is 0 Å². The van der Waals surface area contributed by atoms with Crippen molar-refractivity contribution in [1.82, 2.24) is 0 Å². The van der Waals surface area contributed by atoms with Gasteiger partial charge in [0.05, 0.1) is 0 Å². The Bertz CT molecular complexity index is 3800. The van der Waals surface area contributed by atoms with Crippen LogP contribution in [-0.4, -0.2) is 14.5 Å². The molecule has 1 aromatic heterocycles. The predicted molar refractivity (Wildman–Crippen MR) is 281 cm³/mol. The number of fused-ring (bicyclic) bond motifs is 7. The molecule has 0 radical (unpaired) electrons. The normalized spacial score (nSPS) is 11.7. The molecule has 0 nitrogen and oxygen atoms in total. The molecule has 65 heavy (non-hydrogen) atoms. The van der Waals surface area contributed by atoms with Gasteiger partial charge in [-0.25, -0.2) is 0 Å². The van der Waals surface area contributed by atoms with Crippen LogP contribution < -0.4 is 0 Å². The number of benzene rings is 12. The van der Waals surface area contributed by atoms with Crippen molar-refractivity contribution in [2.24, 2.45) is 0 Å². The SMILES string of the molecule is c1ccc(-c2cc(-c3ccccc3)cc(-c3c4ccccc4c(-c4cccc5c4[se]c4cc(-c6c7ccccc7c(-c7ccccc7)c7ccccc67)ccc45)c4ccccc34)c2)cc1. The summed E-state index contributed by atoms with van der Waals surface area (Å²) in [6, 6.07) is 90.1. The van der Waals surface area contributed by atoms with Crippen LogP contribution in [0, 0.1) is 0 Å². The van der Waals surface area contributed by atoms with Crippen molar-refractivity contribution in [1.29, 1.82) is 0 Å². The number of hydrogen-bond acceptors (Lipinski definition) is 0. The van der Waals surface area contributed by atoms with Crippen LogP contribution in [0.15, 0.2) is 243 Å². The van der Waals surface area contributed by atoms with Crippen molar-refractivity contribution in [3.8, 4) is 66.8 Å². The summed E-state index contributed by atoms with van der Waals surface area (Å²) in [6.07, 6.45) is 0. The molecule has 0 atom stereocenters. The summed E-state index contributed by atoms with van der Waals surface area (Å²) in [5.74, 6) is 0. The second-order valence-electron chi connectivity index (χ2n) is 17.1. The molecule has 13 aromatic rings. The average molecular weight is 888 g/mol. The molecule has 0 unspecified atom stereocenters. The summed E-state index contributed by atoms with van der Waals surface area (Å²) in [7, 11) is 0. The molecule has 0 spiro atoms. The molecular formula is C64H40Se. The van der Waals surface area contributed by atoms with E-state index < -0.39 is 0 Å². The minimum absolute atomic E-state index is 0.0857. The summed E-state index contributed by atoms with van der Waals surface area (Å²) in [4.78, 5) is 0. The van der Waals surface area contributed by atoms with E-state index in [9.17, 15) is 0 Å². The minimum atomic E-state index is 0.0857. The van der Waals surface area contributed by atoms with Crippen LogP contribution in [0.25, 0.3) is 129 Å². The van der Waals surface area contributed by atoms with Crippen LogP contribution in [0.4, 0.5) is 0 Å². The first-order valence-corrected chi connectivity index (χ1v) is 24.1. The Kier molecular flexibility index (Phi) is 8.98. The first kappa shape index (κ1) is 37.7. The van der Waals surface area contributed by atoms with Crippen LogP contribution in [-0.2, 0) is 0 Å². The maximum atomic E-state index is 2.51. The predicted octanol–water partition coefficient (Wildman–Crippen LogP) is 17.7. The number of rotatable bonds is 6. The molecule has 0 aliphatic carbocycles. The third-order valence-electron chi connectivity index (χ3n) is 13.4. The molecule has 302 valence electrons. The van der Waals surface area contributed by atoms with Gasteiger partial charge in [0.1, 0.15) is 0 Å². The monoisotopic (exact) mass is 888 g/mol. The van der Waals surface area contributed by atoms with E-state index in [1.54, 1.807) is 0 Å². The Morgan fingerprint density at radius 1 is 0.200 bits per heavy atom. The maximum absolute atomic E-state index is 2.51. The van der Waals surface area contributed by atoms with E-state index in [1.165, 1.54) is 129 Å². The van der Waals surface area contributed by atoms with Gasteiger partial charge in [-0.05, 0) is 0 Å². The molecule has 0 fully saturated rings. The van der Waals surface area contributed by atoms with Gasteiger partial charge in [-0.15, -0.1) is 0 Å². The van der Waals surface area contributed by atoms with E-state index in [2.05, 4.69) is 243 Å². The van der Waals surface area contributed by atoms with Gasteiger partial charge in [0.25, 0.3) is 0 Å². The van der Waals surface area contributed by atoms with Gasteiger partial charge < -0.3 is 0 Å². The molecule has 0 N–H and O–H groups in total. The zero-order chi connectivity index (χ0) is 42.8. The van der Waals surface area contributed by atoms with Crippen LogP contribution in [0.3, 0.4) is 0 Å². The zero-order valence-electron chi connectivity index (χ0n) is 35.5. The second-order valence-corrected chi connectivity index (χ2v) is 19.3. The van der Waals surface area contributed by atoms with E-state index in [0.29, 0.717) is 0 Å². The Balaban J connectivity index is 1.04. The van der Waals surface area contributed by atoms with Crippen molar-refractivity contribution in [3.05, 3.63) is 243 Å². The van der Waals surface area contributed by atoms with Gasteiger partial charge in [-0.1, -0.05) is 12.1 Å². The van der Waals surface area contributed by atoms with Crippen molar-refractivity contribution in [2.75, 3.05) is 0 Å². The van der Waals surface area contributed by atoms with E-state index in [1.807, 2.05) is 0 Å². The molecule has 1 heteroatoms. The summed E-state index contributed by atoms with van der Waals surface area (Å²) >= 11 is 0.0857. The first-order chi connectivity index (χ1) is 32.3. The van der Waals surface area contributed by atoms with Crippen molar-refractivity contribution < 1.29 is 0 Å². The van der Waals surface area contributed by atoms with E-state index in [-0.39, 0.29) is 14.5 Å². The van der Waals surface area contributed by atoms with Crippen molar-refractivity contribution in [3.63, 3.8) is 0 Å². The summed E-state index contributed by atoms with van der Waals surface area (Å²) in [6.45, 7) is 0. The van der Waals surface area contributed by atoms with Gasteiger partial charge in [0, 0.05) is 0 Å². The zero-order valence-corrected chi connectivity index (χ0v) is 37.2. The van der Waals surface area contributed by atoms with Gasteiger partial charge in [-0.3, -0.25) is 0 Å². The summed E-state index contributed by atoms with van der Waals surface area (Å²) in [5, 5.41) is 13.0. The molecule has 12 aromatic carbocycles. The first-order valence-electron chi connectivity index (χ1n) is 22.4. The topological polar surface area (TPSA) is 0 Å². The fourth-order valence-corrected chi connectivity index (χ4v) is 13.2. The standard InChI is InChI=1S/C64H40Se/c1-4-19-41(20-5-1)45-37-46(42-21-6-2-7-22-42)39-47(38-45)62-53-29-14-16-31-55(53)63(56-32-17-15-30-54(56)62)58-34-18-33-57-48-36-35-44(40-59(48)65-64(57)58)61-51-27-12-10-25-49(51)60(43-23-8-3-9-24-43)50-26-11-13-28-52(50)61/h1-40H. The summed E-state index contributed by atoms with van der Waals surface area (Å²) in [5.41, 5.74) is 15.2. The van der Waals surface area contributed by atoms with Gasteiger partial charge in [0.2, 0.25) is 0 Å². The third-order valence-corrected chi connectivity index (χ3v) is 15.9. The van der Waals surface area contributed by atoms with Crippen LogP contribution in [0.5, 0.6) is 0 Å². The van der Waals surface area contributed by atoms with E-state index in [4.69, 9.17) is 0 Å². The third kappa shape index (κ3) is 6.20. The fourth-order valence-electron chi connectivity index (χ4n) is 10.6. The number of hydrogen-bond donors (Lipinski definition) is 0. The molecule has 0 amide bonds. The molecule has 0 bridgehead atoms. The molecule has 13 rings (SSSR count). The molecule has 0 aliphatic heterocycles. The van der Waals surface area contributed by atoms with Crippen molar-refractivity contribution >= 4 is 76.9 Å². The fraction of sp³-hybridized carbons (Fsp3) is 0. The molecule has 1 heterocycles. The van der Waals surface area contributed by atoms with Crippen molar-refractivity contribution in [2.45, 2.75) is 0 Å². The quantitative estimate of drug-likeness (QED) is 0.115. The average Bonchev–Trinajstić information content (AvgIpc) is 3.76. The second kappa shape index (κ2) is 15.5. The Morgan fingerprint density at radius 3 is 1.05 bits per heavy atom. The molecule has 0 saturated carbocycles. The molecular weight excluding hydrogens is 848 g/mol.